The van der Waals surface area contributed by atoms with Gasteiger partial charge in [0.15, 0.2) is 5.69 Å². The van der Waals surface area contributed by atoms with Crippen molar-refractivity contribution in [3.05, 3.63) is 113 Å². The quantitative estimate of drug-likeness (QED) is 0.302. The van der Waals surface area contributed by atoms with E-state index in [0.29, 0.717) is 0 Å². The van der Waals surface area contributed by atoms with Crippen molar-refractivity contribution in [3.63, 3.8) is 0 Å². The van der Waals surface area contributed by atoms with Gasteiger partial charge in [-0.15, -0.1) is 0 Å². The number of aromatic hydroxyl groups is 1. The molecule has 0 aromatic heterocycles. The fourth-order valence-corrected chi connectivity index (χ4v) is 3.05. The Kier molecular flexibility index (Phi) is 6.48. The topological polar surface area (TPSA) is 92.7 Å². The largest absolute Gasteiger partial charge is 0.595 e. The van der Waals surface area contributed by atoms with E-state index in [9.17, 15) is 10.3 Å². The van der Waals surface area contributed by atoms with Gasteiger partial charge in [-0.1, -0.05) is 24.3 Å². The van der Waals surface area contributed by atoms with Crippen LogP contribution in [0.2, 0.25) is 0 Å². The summed E-state index contributed by atoms with van der Waals surface area (Å²) in [6, 6.07) is 29.3. The molecule has 0 heterocycles. The lowest BCUT2D eigenvalue weighted by molar-refractivity contribution is -0.991. The molecule has 158 valence electrons. The van der Waals surface area contributed by atoms with E-state index in [2.05, 4.69) is 9.98 Å². The summed E-state index contributed by atoms with van der Waals surface area (Å²) in [5.41, 5.74) is 5.81. The molecule has 0 aliphatic carbocycles. The van der Waals surface area contributed by atoms with E-state index in [1.807, 2.05) is 60.7 Å². The van der Waals surface area contributed by atoms with Gasteiger partial charge in [0.25, 0.3) is 0 Å². The van der Waals surface area contributed by atoms with E-state index in [4.69, 9.17) is 5.21 Å². The van der Waals surface area contributed by atoms with Gasteiger partial charge in [-0.05, 0) is 82.9 Å². The molecule has 0 fully saturated rings. The van der Waals surface area contributed by atoms with Gasteiger partial charge >= 0.3 is 0 Å². The van der Waals surface area contributed by atoms with Crippen molar-refractivity contribution in [2.24, 2.45) is 9.98 Å². The number of quaternary nitrogens is 1. The molecule has 0 amide bonds. The third kappa shape index (κ3) is 5.53. The van der Waals surface area contributed by atoms with Crippen molar-refractivity contribution in [1.82, 2.24) is 0 Å². The molecule has 0 bridgehead atoms. The zero-order chi connectivity index (χ0) is 22.3. The maximum Gasteiger partial charge on any atom is 0.163 e. The van der Waals surface area contributed by atoms with Crippen LogP contribution in [0.25, 0.3) is 11.1 Å². The third-order valence-corrected chi connectivity index (χ3v) is 4.84. The summed E-state index contributed by atoms with van der Waals surface area (Å²) in [5, 5.41) is 28.3. The van der Waals surface area contributed by atoms with Crippen LogP contribution in [0.1, 0.15) is 11.1 Å². The van der Waals surface area contributed by atoms with Crippen molar-refractivity contribution in [2.75, 3.05) is 0 Å². The van der Waals surface area contributed by atoms with Gasteiger partial charge in [-0.25, -0.2) is 5.21 Å². The van der Waals surface area contributed by atoms with Crippen LogP contribution in [0.15, 0.2) is 107 Å². The number of nitrogens with one attached hydrogen (secondary N) is 1. The molecular formula is C26H21N3O3. The maximum absolute atomic E-state index is 10.9. The molecule has 0 aliphatic rings. The van der Waals surface area contributed by atoms with Gasteiger partial charge in [0.2, 0.25) is 0 Å². The van der Waals surface area contributed by atoms with Crippen molar-refractivity contribution in [3.8, 4) is 16.9 Å². The van der Waals surface area contributed by atoms with Crippen LogP contribution >= 0.6 is 0 Å². The summed E-state index contributed by atoms with van der Waals surface area (Å²) >= 11 is 0. The number of benzene rings is 4. The molecule has 3 N–H and O–H groups in total. The summed E-state index contributed by atoms with van der Waals surface area (Å²) in [7, 11) is 0. The van der Waals surface area contributed by atoms with Crippen molar-refractivity contribution in [1.29, 1.82) is 0 Å². The normalized spacial score (nSPS) is 12.4. The second-order valence-corrected chi connectivity index (χ2v) is 7.13. The Morgan fingerprint density at radius 1 is 0.594 bits per heavy atom. The molecule has 4 aromatic carbocycles. The van der Waals surface area contributed by atoms with Crippen molar-refractivity contribution in [2.45, 2.75) is 0 Å². The lowest BCUT2D eigenvalue weighted by atomic mass is 10.1. The molecule has 6 nitrogen and oxygen atoms in total. The zero-order valence-electron chi connectivity index (χ0n) is 17.1. The highest BCUT2D eigenvalue weighted by molar-refractivity contribution is 5.83. The van der Waals surface area contributed by atoms with E-state index in [-0.39, 0.29) is 11.4 Å². The average molecular weight is 423 g/mol. The van der Waals surface area contributed by atoms with Gasteiger partial charge in [-0.2, -0.15) is 5.23 Å². The highest BCUT2D eigenvalue weighted by atomic mass is 16.8. The number of phenols is 1. The fourth-order valence-electron chi connectivity index (χ4n) is 3.05. The Labute approximate surface area is 185 Å². The Balaban J connectivity index is 1.40. The Hall–Kier alpha value is -4.10. The number of phenolic OH excluding ortho intramolecular Hbond substituents is 1. The molecule has 1 unspecified atom stereocenters. The predicted octanol–water partition coefficient (Wildman–Crippen LogP) is 4.96. The van der Waals surface area contributed by atoms with Crippen LogP contribution in [0.5, 0.6) is 5.75 Å². The Morgan fingerprint density at radius 3 is 1.41 bits per heavy atom. The standard InChI is InChI=1S/C26H21N3O3/c30-26-15-3-20(4-16-26)18-28-24-11-7-22(8-12-24)21-5-9-23(10-6-21)27-17-19-1-13-25(14-2-19)29(31)32/h1-18,29-31H. The lowest BCUT2D eigenvalue weighted by Gasteiger charge is -2.10. The molecule has 0 radical (unpaired) electrons. The molecule has 0 saturated heterocycles. The van der Waals surface area contributed by atoms with Crippen LogP contribution in [0, 0.1) is 5.21 Å². The summed E-state index contributed by atoms with van der Waals surface area (Å²) in [5.74, 6) is 0.234. The first-order chi connectivity index (χ1) is 15.6. The second kappa shape index (κ2) is 9.80. The van der Waals surface area contributed by atoms with Crippen molar-refractivity contribution < 1.29 is 15.5 Å². The molecule has 1 atom stereocenters. The van der Waals surface area contributed by atoms with Gasteiger partial charge in [0, 0.05) is 24.6 Å². The Bertz CT molecular complexity index is 1210. The summed E-state index contributed by atoms with van der Waals surface area (Å²) in [6.45, 7) is 0. The van der Waals surface area contributed by atoms with Crippen molar-refractivity contribution >= 4 is 29.5 Å². The zero-order valence-corrected chi connectivity index (χ0v) is 17.1. The molecule has 0 saturated carbocycles. The number of hydrogen-bond acceptors (Lipinski definition) is 5. The van der Waals surface area contributed by atoms with Crippen LogP contribution in [-0.4, -0.2) is 22.7 Å². The number of nitrogens with zero attached hydrogens (tertiary/aromatic N) is 2. The van der Waals surface area contributed by atoms with Crippen LogP contribution in [0.3, 0.4) is 0 Å². The third-order valence-electron chi connectivity index (χ3n) is 4.84. The van der Waals surface area contributed by atoms with Crippen LogP contribution < -0.4 is 5.23 Å². The van der Waals surface area contributed by atoms with Gasteiger partial charge < -0.3 is 10.3 Å². The minimum absolute atomic E-state index is 0.234. The summed E-state index contributed by atoms with van der Waals surface area (Å²) in [4.78, 5) is 8.92. The number of rotatable bonds is 6. The average Bonchev–Trinajstić information content (AvgIpc) is 2.83. The first-order valence-electron chi connectivity index (χ1n) is 9.98. The van der Waals surface area contributed by atoms with E-state index in [0.717, 1.165) is 33.6 Å². The second-order valence-electron chi connectivity index (χ2n) is 7.13. The van der Waals surface area contributed by atoms with E-state index in [1.165, 1.54) is 0 Å². The van der Waals surface area contributed by atoms with Gasteiger partial charge in [0.05, 0.1) is 11.4 Å². The Morgan fingerprint density at radius 2 is 1.00 bits per heavy atom. The molecular weight excluding hydrogens is 402 g/mol. The minimum Gasteiger partial charge on any atom is -0.595 e. The van der Waals surface area contributed by atoms with Gasteiger partial charge in [-0.3, -0.25) is 9.98 Å². The van der Waals surface area contributed by atoms with E-state index >= 15 is 0 Å². The maximum atomic E-state index is 10.9. The molecule has 0 spiro atoms. The van der Waals surface area contributed by atoms with E-state index < -0.39 is 5.23 Å². The van der Waals surface area contributed by atoms with Gasteiger partial charge in [0.1, 0.15) is 5.75 Å². The molecule has 6 heteroatoms. The monoisotopic (exact) mass is 423 g/mol. The smallest absolute Gasteiger partial charge is 0.163 e. The highest BCUT2D eigenvalue weighted by Crippen LogP contribution is 2.25. The van der Waals surface area contributed by atoms with E-state index in [1.54, 1.807) is 48.8 Å². The molecule has 32 heavy (non-hydrogen) atoms. The highest BCUT2D eigenvalue weighted by Gasteiger charge is 2.00. The lowest BCUT2D eigenvalue weighted by Crippen LogP contribution is -2.99. The molecule has 4 rings (SSSR count). The first kappa shape index (κ1) is 21.1. The fraction of sp³-hybridized carbons (Fsp3) is 0. The SMILES string of the molecule is [O-][NH+](O)c1ccc(C=Nc2ccc(-c3ccc(N=Cc4ccc(O)cc4)cc3)cc2)cc1. The summed E-state index contributed by atoms with van der Waals surface area (Å²) < 4.78 is 0. The number of aliphatic imine (C=N–C) groups is 2. The van der Waals surface area contributed by atoms with Crippen LogP contribution in [0.4, 0.5) is 17.1 Å². The molecule has 4 aromatic rings. The summed E-state index contributed by atoms with van der Waals surface area (Å²) in [6.07, 6.45) is 3.47. The molecule has 0 aliphatic heterocycles. The predicted molar refractivity (Wildman–Crippen MR) is 127 cm³/mol. The van der Waals surface area contributed by atoms with Crippen LogP contribution in [-0.2, 0) is 0 Å². The minimum atomic E-state index is -0.943. The number of hydrogen-bond donors (Lipinski definition) is 3. The first-order valence-corrected chi connectivity index (χ1v) is 9.98.